The van der Waals surface area contributed by atoms with Gasteiger partial charge in [0.25, 0.3) is 0 Å². The first-order valence-electron chi connectivity index (χ1n) is 9.57. The second-order valence-corrected chi connectivity index (χ2v) is 7.39. The minimum Gasteiger partial charge on any atom is -0.389 e. The fourth-order valence-electron chi connectivity index (χ4n) is 2.65. The Morgan fingerprint density at radius 3 is 2.62 bits per heavy atom. The van der Waals surface area contributed by atoms with Gasteiger partial charge >= 0.3 is 0 Å². The number of guanidine groups is 1. The Morgan fingerprint density at radius 2 is 1.93 bits per heavy atom. The van der Waals surface area contributed by atoms with Crippen LogP contribution >= 0.6 is 35.7 Å². The number of hydrogen-bond donors (Lipinski definition) is 3. The van der Waals surface area contributed by atoms with Gasteiger partial charge in [-0.05, 0) is 42.9 Å². The quantitative estimate of drug-likeness (QED) is 0.188. The van der Waals surface area contributed by atoms with Crippen LogP contribution in [-0.4, -0.2) is 43.1 Å². The van der Waals surface area contributed by atoms with Crippen molar-refractivity contribution in [3.05, 3.63) is 65.2 Å². The number of aliphatic imine (C=N–C) groups is 1. The molecule has 0 aromatic heterocycles. The number of nitrogens with one attached hydrogen (secondary N) is 2. The lowest BCUT2D eigenvalue weighted by Gasteiger charge is -2.16. The molecule has 2 aromatic rings. The predicted molar refractivity (Wildman–Crippen MR) is 133 cm³/mol. The number of benzene rings is 2. The van der Waals surface area contributed by atoms with Crippen molar-refractivity contribution in [2.45, 2.75) is 38.0 Å². The zero-order valence-corrected chi connectivity index (χ0v) is 20.5. The van der Waals surface area contributed by atoms with E-state index in [1.807, 2.05) is 37.3 Å². The summed E-state index contributed by atoms with van der Waals surface area (Å²) in [5.74, 6) is 0.692. The smallest absolute Gasteiger partial charge is 0.191 e. The molecule has 2 rings (SSSR count). The number of halogens is 1. The summed E-state index contributed by atoms with van der Waals surface area (Å²) in [5, 5.41) is 16.6. The van der Waals surface area contributed by atoms with E-state index in [0.717, 1.165) is 12.1 Å². The van der Waals surface area contributed by atoms with E-state index in [4.69, 9.17) is 4.74 Å². The number of aryl methyl sites for hydroxylation is 1. The molecular formula is C22H32IN3O2S. The molecule has 0 saturated carbocycles. The van der Waals surface area contributed by atoms with Crippen LogP contribution in [0.3, 0.4) is 0 Å². The molecule has 2 aromatic carbocycles. The van der Waals surface area contributed by atoms with Crippen molar-refractivity contribution in [1.29, 1.82) is 0 Å². The van der Waals surface area contributed by atoms with Crippen LogP contribution in [0.5, 0.6) is 0 Å². The lowest BCUT2D eigenvalue weighted by Crippen LogP contribution is -2.42. The Morgan fingerprint density at radius 1 is 1.17 bits per heavy atom. The highest BCUT2D eigenvalue weighted by Gasteiger charge is 2.07. The maximum Gasteiger partial charge on any atom is 0.191 e. The van der Waals surface area contributed by atoms with Gasteiger partial charge in [-0.1, -0.05) is 42.5 Å². The topological polar surface area (TPSA) is 65.9 Å². The van der Waals surface area contributed by atoms with E-state index in [9.17, 15) is 5.11 Å². The predicted octanol–water partition coefficient (Wildman–Crippen LogP) is 3.97. The highest BCUT2D eigenvalue weighted by Crippen LogP contribution is 2.22. The molecule has 160 valence electrons. The SMILES string of the molecule is CCNC(=NCc1ccc(C)cc1SC)NCC(O)COCc1ccccc1.I. The van der Waals surface area contributed by atoms with Gasteiger partial charge in [0, 0.05) is 18.0 Å². The average molecular weight is 529 g/mol. The maximum absolute atomic E-state index is 10.2. The molecule has 0 aliphatic carbocycles. The first-order chi connectivity index (χ1) is 13.6. The van der Waals surface area contributed by atoms with E-state index in [-0.39, 0.29) is 30.6 Å². The van der Waals surface area contributed by atoms with Crippen molar-refractivity contribution in [3.63, 3.8) is 0 Å². The summed E-state index contributed by atoms with van der Waals surface area (Å²) in [4.78, 5) is 5.90. The second-order valence-electron chi connectivity index (χ2n) is 6.55. The molecule has 3 N–H and O–H groups in total. The van der Waals surface area contributed by atoms with E-state index >= 15 is 0 Å². The molecule has 5 nitrogen and oxygen atoms in total. The summed E-state index contributed by atoms with van der Waals surface area (Å²) in [6, 6.07) is 16.4. The van der Waals surface area contributed by atoms with Gasteiger partial charge in [-0.3, -0.25) is 0 Å². The summed E-state index contributed by atoms with van der Waals surface area (Å²) >= 11 is 1.73. The Labute approximate surface area is 195 Å². The van der Waals surface area contributed by atoms with Crippen molar-refractivity contribution in [1.82, 2.24) is 10.6 Å². The van der Waals surface area contributed by atoms with Crippen molar-refractivity contribution < 1.29 is 9.84 Å². The van der Waals surface area contributed by atoms with Gasteiger partial charge in [0.1, 0.15) is 0 Å². The number of thioether (sulfide) groups is 1. The number of hydrogen-bond acceptors (Lipinski definition) is 4. The van der Waals surface area contributed by atoms with E-state index in [1.54, 1.807) is 11.8 Å². The minimum absolute atomic E-state index is 0. The molecule has 0 aliphatic rings. The second kappa shape index (κ2) is 14.7. The number of aliphatic hydroxyl groups excluding tert-OH is 1. The largest absolute Gasteiger partial charge is 0.389 e. The van der Waals surface area contributed by atoms with Crippen molar-refractivity contribution in [2.75, 3.05) is 26.0 Å². The summed E-state index contributed by atoms with van der Waals surface area (Å²) in [6.07, 6.45) is 1.48. The minimum atomic E-state index is -0.603. The zero-order valence-electron chi connectivity index (χ0n) is 17.4. The fraction of sp³-hybridized carbons (Fsp3) is 0.409. The summed E-state index contributed by atoms with van der Waals surface area (Å²) in [6.45, 7) is 6.62. The first-order valence-corrected chi connectivity index (χ1v) is 10.8. The van der Waals surface area contributed by atoms with Crippen molar-refractivity contribution in [2.24, 2.45) is 4.99 Å². The normalized spacial score (nSPS) is 12.2. The number of rotatable bonds is 10. The van der Waals surface area contributed by atoms with E-state index < -0.39 is 6.10 Å². The molecule has 0 heterocycles. The molecule has 0 amide bonds. The van der Waals surface area contributed by atoms with Gasteiger partial charge in [0.05, 0.1) is 25.9 Å². The Hall–Kier alpha value is -1.29. The van der Waals surface area contributed by atoms with Gasteiger partial charge < -0.3 is 20.5 Å². The fourth-order valence-corrected chi connectivity index (χ4v) is 3.35. The van der Waals surface area contributed by atoms with Crippen LogP contribution in [0.25, 0.3) is 0 Å². The van der Waals surface area contributed by atoms with Gasteiger partial charge in [-0.25, -0.2) is 4.99 Å². The third-order valence-electron chi connectivity index (χ3n) is 4.12. The third-order valence-corrected chi connectivity index (χ3v) is 4.94. The molecule has 1 unspecified atom stereocenters. The summed E-state index contributed by atoms with van der Waals surface area (Å²) in [5.41, 5.74) is 3.54. The molecule has 0 aliphatic heterocycles. The summed E-state index contributed by atoms with van der Waals surface area (Å²) in [7, 11) is 0. The standard InChI is InChI=1S/C22H31N3O2S.HI/c1-4-23-22(24-13-19-11-10-17(2)12-21(19)28-3)25-14-20(26)16-27-15-18-8-6-5-7-9-18;/h5-12,20,26H,4,13-16H2,1-3H3,(H2,23,24,25);1H. The number of nitrogens with zero attached hydrogens (tertiary/aromatic N) is 1. The molecule has 29 heavy (non-hydrogen) atoms. The third kappa shape index (κ3) is 9.84. The van der Waals surface area contributed by atoms with E-state index in [2.05, 4.69) is 47.0 Å². The average Bonchev–Trinajstić information content (AvgIpc) is 2.71. The van der Waals surface area contributed by atoms with Crippen molar-refractivity contribution >= 4 is 41.7 Å². The van der Waals surface area contributed by atoms with Crippen LogP contribution in [0.15, 0.2) is 58.4 Å². The summed E-state index contributed by atoms with van der Waals surface area (Å²) < 4.78 is 5.59. The highest BCUT2D eigenvalue weighted by molar-refractivity contribution is 14.0. The van der Waals surface area contributed by atoms with Crippen LogP contribution < -0.4 is 10.6 Å². The van der Waals surface area contributed by atoms with Crippen LogP contribution in [0.1, 0.15) is 23.6 Å². The first kappa shape index (κ1) is 25.7. The molecule has 0 radical (unpaired) electrons. The van der Waals surface area contributed by atoms with Crippen LogP contribution in [-0.2, 0) is 17.9 Å². The van der Waals surface area contributed by atoms with Gasteiger partial charge in [0.2, 0.25) is 0 Å². The van der Waals surface area contributed by atoms with E-state index in [1.165, 1.54) is 16.0 Å². The van der Waals surface area contributed by atoms with Gasteiger partial charge in [0.15, 0.2) is 5.96 Å². The maximum atomic E-state index is 10.2. The lowest BCUT2D eigenvalue weighted by molar-refractivity contribution is 0.0308. The number of ether oxygens (including phenoxy) is 1. The Bertz CT molecular complexity index is 744. The molecule has 0 bridgehead atoms. The Balaban J connectivity index is 0.00000420. The zero-order chi connectivity index (χ0) is 20.2. The molecule has 7 heteroatoms. The lowest BCUT2D eigenvalue weighted by atomic mass is 10.1. The molecule has 0 saturated heterocycles. The highest BCUT2D eigenvalue weighted by atomic mass is 127. The Kier molecular flexibility index (Phi) is 13.0. The molecular weight excluding hydrogens is 497 g/mol. The van der Waals surface area contributed by atoms with Gasteiger partial charge in [-0.2, -0.15) is 0 Å². The molecule has 0 fully saturated rings. The monoisotopic (exact) mass is 529 g/mol. The van der Waals surface area contributed by atoms with Gasteiger partial charge in [-0.15, -0.1) is 35.7 Å². The van der Waals surface area contributed by atoms with E-state index in [0.29, 0.717) is 25.7 Å². The van der Waals surface area contributed by atoms with Crippen molar-refractivity contribution in [3.8, 4) is 0 Å². The molecule has 1 atom stereocenters. The number of aliphatic hydroxyl groups is 1. The van der Waals surface area contributed by atoms with Crippen LogP contribution in [0, 0.1) is 6.92 Å². The van der Waals surface area contributed by atoms with Crippen LogP contribution in [0.2, 0.25) is 0 Å². The van der Waals surface area contributed by atoms with Crippen LogP contribution in [0.4, 0.5) is 0 Å². The molecule has 0 spiro atoms.